The van der Waals surface area contributed by atoms with E-state index < -0.39 is 0 Å². The molecule has 1 fully saturated rings. The molecule has 1 aromatic heterocycles. The van der Waals surface area contributed by atoms with Crippen LogP contribution in [0.15, 0.2) is 48.0 Å². The Balaban J connectivity index is 1.70. The minimum absolute atomic E-state index is 0.196. The number of amides is 1. The van der Waals surface area contributed by atoms with Crippen molar-refractivity contribution in [2.24, 2.45) is 11.7 Å². The lowest BCUT2D eigenvalue weighted by molar-refractivity contribution is -0.115. The Morgan fingerprint density at radius 1 is 1.26 bits per heavy atom. The fourth-order valence-corrected chi connectivity index (χ4v) is 4.48. The minimum atomic E-state index is -0.321. The highest BCUT2D eigenvalue weighted by Gasteiger charge is 2.28. The smallest absolute Gasteiger partial charge is 0.338 e. The minimum Gasteiger partial charge on any atom is -0.462 e. The Kier molecular flexibility index (Phi) is 5.96. The number of hydrogen-bond donors (Lipinski definition) is 1. The van der Waals surface area contributed by atoms with Crippen LogP contribution in [0, 0.1) is 5.92 Å². The molecule has 0 spiro atoms. The number of allylic oxidation sites excluding steroid dienone is 1. The molecule has 1 atom stereocenters. The molecule has 1 unspecified atom stereocenters. The molecule has 0 bridgehead atoms. The summed E-state index contributed by atoms with van der Waals surface area (Å²) in [6, 6.07) is 11.7. The van der Waals surface area contributed by atoms with E-state index in [1.807, 2.05) is 25.1 Å². The van der Waals surface area contributed by atoms with Crippen LogP contribution in [0.25, 0.3) is 10.4 Å². The number of anilines is 1. The number of hydrogen-bond acceptors (Lipinski definition) is 5. The zero-order chi connectivity index (χ0) is 19.4. The molecule has 2 heterocycles. The van der Waals surface area contributed by atoms with Crippen molar-refractivity contribution >= 4 is 28.2 Å². The second kappa shape index (κ2) is 8.39. The van der Waals surface area contributed by atoms with Crippen molar-refractivity contribution in [2.45, 2.75) is 20.3 Å². The number of carbonyl (C=O) groups excluding carboxylic acids is 2. The van der Waals surface area contributed by atoms with Gasteiger partial charge in [-0.2, -0.15) is 0 Å². The van der Waals surface area contributed by atoms with Gasteiger partial charge in [0.15, 0.2) is 0 Å². The molecule has 6 heteroatoms. The highest BCUT2D eigenvalue weighted by Crippen LogP contribution is 2.37. The molecule has 1 aliphatic heterocycles. The molecule has 0 radical (unpaired) electrons. The van der Waals surface area contributed by atoms with Crippen LogP contribution in [0.3, 0.4) is 0 Å². The lowest BCUT2D eigenvalue weighted by Gasteiger charge is -2.16. The highest BCUT2D eigenvalue weighted by molar-refractivity contribution is 7.19. The first-order valence-corrected chi connectivity index (χ1v) is 9.93. The van der Waals surface area contributed by atoms with Crippen molar-refractivity contribution in [3.05, 3.63) is 53.6 Å². The molecule has 1 saturated heterocycles. The summed E-state index contributed by atoms with van der Waals surface area (Å²) < 4.78 is 5.02. The van der Waals surface area contributed by atoms with E-state index in [1.165, 1.54) is 5.00 Å². The van der Waals surface area contributed by atoms with Crippen LogP contribution in [0.4, 0.5) is 5.00 Å². The Morgan fingerprint density at radius 2 is 2.00 bits per heavy atom. The zero-order valence-electron chi connectivity index (χ0n) is 15.6. The van der Waals surface area contributed by atoms with Gasteiger partial charge in [-0.05, 0) is 50.1 Å². The van der Waals surface area contributed by atoms with Crippen molar-refractivity contribution in [3.8, 4) is 10.4 Å². The summed E-state index contributed by atoms with van der Waals surface area (Å²) in [4.78, 5) is 26.8. The first-order chi connectivity index (χ1) is 13.0. The van der Waals surface area contributed by atoms with Crippen LogP contribution < -0.4 is 10.6 Å². The number of primary amides is 1. The maximum absolute atomic E-state index is 11.8. The summed E-state index contributed by atoms with van der Waals surface area (Å²) in [6.45, 7) is 5.76. The molecule has 27 heavy (non-hydrogen) atoms. The lowest BCUT2D eigenvalue weighted by atomic mass is 9.97. The second-order valence-electron chi connectivity index (χ2n) is 6.48. The second-order valence-corrected chi connectivity index (χ2v) is 7.54. The van der Waals surface area contributed by atoms with Crippen molar-refractivity contribution in [1.29, 1.82) is 0 Å². The van der Waals surface area contributed by atoms with Gasteiger partial charge in [-0.15, -0.1) is 11.3 Å². The molecule has 0 saturated carbocycles. The molecule has 2 N–H and O–H groups in total. The number of carbonyl (C=O) groups is 2. The van der Waals surface area contributed by atoms with E-state index in [0.29, 0.717) is 12.2 Å². The average Bonchev–Trinajstić information content (AvgIpc) is 3.32. The molecule has 2 aromatic rings. The molecule has 142 valence electrons. The van der Waals surface area contributed by atoms with Crippen LogP contribution in [0.2, 0.25) is 0 Å². The quantitative estimate of drug-likeness (QED) is 0.606. The van der Waals surface area contributed by atoms with E-state index in [2.05, 4.69) is 17.0 Å². The van der Waals surface area contributed by atoms with Gasteiger partial charge >= 0.3 is 5.97 Å². The maximum atomic E-state index is 11.8. The van der Waals surface area contributed by atoms with E-state index in [-0.39, 0.29) is 17.8 Å². The van der Waals surface area contributed by atoms with E-state index in [0.717, 1.165) is 35.5 Å². The third-order valence-corrected chi connectivity index (χ3v) is 6.00. The number of nitrogens with zero attached hydrogens (tertiary/aromatic N) is 1. The largest absolute Gasteiger partial charge is 0.462 e. The van der Waals surface area contributed by atoms with E-state index in [9.17, 15) is 9.59 Å². The summed E-state index contributed by atoms with van der Waals surface area (Å²) in [5, 5.41) is 1.18. The van der Waals surface area contributed by atoms with Crippen molar-refractivity contribution in [3.63, 3.8) is 0 Å². The Labute approximate surface area is 163 Å². The Bertz CT molecular complexity index is 855. The van der Waals surface area contributed by atoms with Gasteiger partial charge in [-0.25, -0.2) is 4.79 Å². The van der Waals surface area contributed by atoms with Crippen molar-refractivity contribution in [2.75, 3.05) is 24.6 Å². The third kappa shape index (κ3) is 4.22. The van der Waals surface area contributed by atoms with Gasteiger partial charge in [-0.1, -0.05) is 18.2 Å². The van der Waals surface area contributed by atoms with Crippen LogP contribution in [0.1, 0.15) is 30.6 Å². The zero-order valence-corrected chi connectivity index (χ0v) is 16.4. The molecular formula is C21H24N2O3S. The van der Waals surface area contributed by atoms with E-state index in [1.54, 1.807) is 30.4 Å². The van der Waals surface area contributed by atoms with Gasteiger partial charge in [0.2, 0.25) is 5.91 Å². The molecular weight excluding hydrogens is 360 g/mol. The van der Waals surface area contributed by atoms with Gasteiger partial charge in [0.1, 0.15) is 0 Å². The number of thiophene rings is 1. The predicted octanol–water partition coefficient (Wildman–Crippen LogP) is 3.85. The maximum Gasteiger partial charge on any atom is 0.338 e. The number of ether oxygens (including phenoxy) is 1. The number of esters is 1. The van der Waals surface area contributed by atoms with Gasteiger partial charge in [0.25, 0.3) is 0 Å². The van der Waals surface area contributed by atoms with E-state index in [4.69, 9.17) is 10.5 Å². The first-order valence-electron chi connectivity index (χ1n) is 9.11. The summed E-state index contributed by atoms with van der Waals surface area (Å²) in [5.41, 5.74) is 7.84. The van der Waals surface area contributed by atoms with Gasteiger partial charge < -0.3 is 15.4 Å². The number of rotatable bonds is 6. The first kappa shape index (κ1) is 19.2. The van der Waals surface area contributed by atoms with Crippen LogP contribution in [-0.2, 0) is 9.53 Å². The predicted molar refractivity (Wildman–Crippen MR) is 109 cm³/mol. The highest BCUT2D eigenvalue weighted by atomic mass is 32.1. The van der Waals surface area contributed by atoms with E-state index >= 15 is 0 Å². The van der Waals surface area contributed by atoms with Gasteiger partial charge in [0.05, 0.1) is 17.2 Å². The summed E-state index contributed by atoms with van der Waals surface area (Å²) in [6.07, 6.45) is 2.77. The Hall–Kier alpha value is -2.60. The monoisotopic (exact) mass is 384 g/mol. The molecule has 1 aliphatic rings. The summed E-state index contributed by atoms with van der Waals surface area (Å²) in [5.74, 6) is -0.423. The molecule has 1 amide bonds. The number of nitrogens with two attached hydrogens (primary N) is 1. The molecule has 5 nitrogen and oxygen atoms in total. The van der Waals surface area contributed by atoms with Crippen LogP contribution in [-0.4, -0.2) is 31.6 Å². The normalized spacial score (nSPS) is 17.2. The topological polar surface area (TPSA) is 72.6 Å². The van der Waals surface area contributed by atoms with Crippen LogP contribution >= 0.6 is 11.3 Å². The average molecular weight is 385 g/mol. The molecule has 1 aromatic carbocycles. The van der Waals surface area contributed by atoms with Crippen molar-refractivity contribution in [1.82, 2.24) is 0 Å². The fraction of sp³-hybridized carbons (Fsp3) is 0.333. The van der Waals surface area contributed by atoms with Gasteiger partial charge in [-0.3, -0.25) is 4.79 Å². The summed E-state index contributed by atoms with van der Waals surface area (Å²) >= 11 is 1.71. The molecule has 3 rings (SSSR count). The molecule has 0 aliphatic carbocycles. The van der Waals surface area contributed by atoms with Gasteiger partial charge in [0, 0.05) is 29.5 Å². The standard InChI is InChI=1S/C21H24N2O3S/c1-3-17(20(22)24)16-11-12-23(13-16)19-10-9-18(27-19)14-5-7-15(8-6-14)21(25)26-4-2/h3,5-10,16H,4,11-13H2,1-2H3,(H2,22,24)/b17-3-. The van der Waals surface area contributed by atoms with Crippen LogP contribution in [0.5, 0.6) is 0 Å². The summed E-state index contributed by atoms with van der Waals surface area (Å²) in [7, 11) is 0. The SMILES string of the molecule is C/C=C(\C(N)=O)C1CCN(c2ccc(-c3ccc(C(=O)OCC)cc3)s2)C1. The Morgan fingerprint density at radius 3 is 2.63 bits per heavy atom. The lowest BCUT2D eigenvalue weighted by Crippen LogP contribution is -2.24. The fourth-order valence-electron chi connectivity index (χ4n) is 3.43. The number of benzene rings is 1. The van der Waals surface area contributed by atoms with Crippen molar-refractivity contribution < 1.29 is 14.3 Å². The third-order valence-electron chi connectivity index (χ3n) is 4.81.